The van der Waals surface area contributed by atoms with Gasteiger partial charge in [0.15, 0.2) is 5.65 Å². The van der Waals surface area contributed by atoms with E-state index in [1.807, 2.05) is 34.0 Å². The molecule has 0 bridgehead atoms. The molecule has 1 fully saturated rings. The Morgan fingerprint density at radius 3 is 2.81 bits per heavy atom. The molecule has 0 saturated carbocycles. The van der Waals surface area contributed by atoms with Gasteiger partial charge in [-0.1, -0.05) is 0 Å². The van der Waals surface area contributed by atoms with Gasteiger partial charge >= 0.3 is 6.09 Å². The van der Waals surface area contributed by atoms with Crippen LogP contribution >= 0.6 is 15.9 Å². The Bertz CT molecular complexity index is 1120. The van der Waals surface area contributed by atoms with Crippen LogP contribution in [0.25, 0.3) is 16.8 Å². The van der Waals surface area contributed by atoms with Crippen LogP contribution in [0.3, 0.4) is 0 Å². The number of nitrogen functional groups attached to an aromatic ring is 1. The standard InChI is InChI=1S/C20H27BrN8O2/c1-20(2,3)31-19(30)28-6-5-23-13(11-28)7-15-16(21)17(22)29-18(26-15)14(9-25-29)12-8-24-27(4)10-12/h8-10,13,23H,5-7,11,22H2,1-4H3. The molecule has 31 heavy (non-hydrogen) atoms. The summed E-state index contributed by atoms with van der Waals surface area (Å²) in [4.78, 5) is 19.1. The Kier molecular flexibility index (Phi) is 5.65. The summed E-state index contributed by atoms with van der Waals surface area (Å²) in [6, 6.07) is 0.0247. The summed E-state index contributed by atoms with van der Waals surface area (Å²) in [6.07, 6.45) is 5.74. The highest BCUT2D eigenvalue weighted by molar-refractivity contribution is 9.10. The number of halogens is 1. The molecule has 3 N–H and O–H groups in total. The Hall–Kier alpha value is -2.66. The molecule has 11 heteroatoms. The van der Waals surface area contributed by atoms with Gasteiger partial charge in [-0.15, -0.1) is 0 Å². The lowest BCUT2D eigenvalue weighted by molar-refractivity contribution is 0.0195. The first-order chi connectivity index (χ1) is 14.6. The third-order valence-electron chi connectivity index (χ3n) is 5.05. The number of nitrogens with zero attached hydrogens (tertiary/aromatic N) is 6. The molecule has 1 aliphatic rings. The van der Waals surface area contributed by atoms with Gasteiger partial charge in [0.05, 0.1) is 22.6 Å². The summed E-state index contributed by atoms with van der Waals surface area (Å²) >= 11 is 3.58. The number of nitrogens with two attached hydrogens (primary N) is 1. The van der Waals surface area contributed by atoms with Gasteiger partial charge in [0, 0.05) is 56.5 Å². The van der Waals surface area contributed by atoms with Crippen molar-refractivity contribution < 1.29 is 9.53 Å². The summed E-state index contributed by atoms with van der Waals surface area (Å²) < 4.78 is 9.59. The van der Waals surface area contributed by atoms with E-state index in [1.54, 1.807) is 26.5 Å². The first-order valence-corrected chi connectivity index (χ1v) is 10.9. The molecular weight excluding hydrogens is 464 g/mol. The minimum absolute atomic E-state index is 0.0247. The molecular formula is C20H27BrN8O2. The average Bonchev–Trinajstić information content (AvgIpc) is 3.31. The monoisotopic (exact) mass is 490 g/mol. The summed E-state index contributed by atoms with van der Waals surface area (Å²) in [6.45, 7) is 7.43. The zero-order chi connectivity index (χ0) is 22.3. The molecule has 0 aromatic carbocycles. The van der Waals surface area contributed by atoms with Crippen molar-refractivity contribution in [3.8, 4) is 11.1 Å². The van der Waals surface area contributed by atoms with Gasteiger partial charge in [0.25, 0.3) is 0 Å². The number of hydrogen-bond donors (Lipinski definition) is 2. The second kappa shape index (κ2) is 8.12. The molecule has 1 aliphatic heterocycles. The molecule has 3 aromatic rings. The van der Waals surface area contributed by atoms with Crippen LogP contribution in [0.15, 0.2) is 23.1 Å². The SMILES string of the molecule is Cn1cc(-c2cnn3c(N)c(Br)c(CC4CN(C(=O)OC(C)(C)C)CCN4)nc23)cn1. The van der Waals surface area contributed by atoms with Gasteiger partial charge in [-0.25, -0.2) is 9.78 Å². The molecule has 1 amide bonds. The molecule has 4 rings (SSSR count). The fourth-order valence-electron chi connectivity index (χ4n) is 3.63. The number of carbonyl (C=O) groups is 1. The highest BCUT2D eigenvalue weighted by atomic mass is 79.9. The van der Waals surface area contributed by atoms with Crippen LogP contribution in [0.5, 0.6) is 0 Å². The topological polar surface area (TPSA) is 116 Å². The molecule has 0 radical (unpaired) electrons. The maximum Gasteiger partial charge on any atom is 0.410 e. The third kappa shape index (κ3) is 4.52. The number of anilines is 1. The van der Waals surface area contributed by atoms with E-state index in [2.05, 4.69) is 31.4 Å². The van der Waals surface area contributed by atoms with E-state index in [0.29, 0.717) is 42.0 Å². The number of nitrogens with one attached hydrogen (secondary N) is 1. The lowest BCUT2D eigenvalue weighted by Crippen LogP contribution is -2.54. The highest BCUT2D eigenvalue weighted by Gasteiger charge is 2.28. The number of carbonyl (C=O) groups excluding carboxylic acids is 1. The fraction of sp³-hybridized carbons (Fsp3) is 0.500. The van der Waals surface area contributed by atoms with Gasteiger partial charge < -0.3 is 20.7 Å². The van der Waals surface area contributed by atoms with E-state index in [9.17, 15) is 4.79 Å². The van der Waals surface area contributed by atoms with Crippen LogP contribution in [-0.4, -0.2) is 66.6 Å². The van der Waals surface area contributed by atoms with Crippen molar-refractivity contribution >= 4 is 33.5 Å². The number of fused-ring (bicyclic) bond motifs is 1. The van der Waals surface area contributed by atoms with Gasteiger partial charge in [-0.2, -0.15) is 14.7 Å². The first-order valence-electron chi connectivity index (χ1n) is 10.1. The van der Waals surface area contributed by atoms with Crippen molar-refractivity contribution in [1.29, 1.82) is 0 Å². The number of ether oxygens (including phenoxy) is 1. The molecule has 0 spiro atoms. The van der Waals surface area contributed by atoms with E-state index < -0.39 is 5.60 Å². The number of amides is 1. The number of hydrogen-bond acceptors (Lipinski definition) is 7. The molecule has 1 saturated heterocycles. The van der Waals surface area contributed by atoms with Crippen molar-refractivity contribution in [3.05, 3.63) is 28.8 Å². The molecule has 4 heterocycles. The van der Waals surface area contributed by atoms with Crippen LogP contribution in [0, 0.1) is 0 Å². The first kappa shape index (κ1) is 21.6. The Morgan fingerprint density at radius 1 is 1.35 bits per heavy atom. The van der Waals surface area contributed by atoms with Crippen molar-refractivity contribution in [2.45, 2.75) is 38.8 Å². The normalized spacial score (nSPS) is 17.3. The summed E-state index contributed by atoms with van der Waals surface area (Å²) in [7, 11) is 1.87. The largest absolute Gasteiger partial charge is 0.444 e. The van der Waals surface area contributed by atoms with Crippen LogP contribution in [0.1, 0.15) is 26.5 Å². The third-order valence-corrected chi connectivity index (χ3v) is 5.92. The molecule has 10 nitrogen and oxygen atoms in total. The van der Waals surface area contributed by atoms with Crippen LogP contribution in [-0.2, 0) is 18.2 Å². The number of aryl methyl sites for hydroxylation is 1. The average molecular weight is 491 g/mol. The van der Waals surface area contributed by atoms with Crippen LogP contribution in [0.4, 0.5) is 10.6 Å². The van der Waals surface area contributed by atoms with E-state index >= 15 is 0 Å². The van der Waals surface area contributed by atoms with Crippen LogP contribution < -0.4 is 11.1 Å². The van der Waals surface area contributed by atoms with Crippen molar-refractivity contribution in [2.75, 3.05) is 25.4 Å². The lowest BCUT2D eigenvalue weighted by atomic mass is 10.1. The van der Waals surface area contributed by atoms with Crippen molar-refractivity contribution in [3.63, 3.8) is 0 Å². The van der Waals surface area contributed by atoms with Crippen LogP contribution in [0.2, 0.25) is 0 Å². The number of aromatic nitrogens is 5. The molecule has 1 unspecified atom stereocenters. The molecule has 1 atom stereocenters. The number of piperazine rings is 1. The van der Waals surface area contributed by atoms with Gasteiger partial charge in [-0.05, 0) is 36.7 Å². The summed E-state index contributed by atoms with van der Waals surface area (Å²) in [5.41, 5.74) is 9.09. The Labute approximate surface area is 188 Å². The van der Waals surface area contributed by atoms with Gasteiger partial charge in [0.2, 0.25) is 0 Å². The maximum atomic E-state index is 12.5. The van der Waals surface area contributed by atoms with Gasteiger partial charge in [0.1, 0.15) is 11.4 Å². The highest BCUT2D eigenvalue weighted by Crippen LogP contribution is 2.30. The van der Waals surface area contributed by atoms with E-state index in [1.165, 1.54) is 0 Å². The van der Waals surface area contributed by atoms with E-state index in [0.717, 1.165) is 16.8 Å². The lowest BCUT2D eigenvalue weighted by Gasteiger charge is -2.35. The zero-order valence-corrected chi connectivity index (χ0v) is 19.7. The number of rotatable bonds is 3. The van der Waals surface area contributed by atoms with Crippen molar-refractivity contribution in [1.82, 2.24) is 34.6 Å². The predicted octanol–water partition coefficient (Wildman–Crippen LogP) is 2.23. The Morgan fingerprint density at radius 2 is 2.13 bits per heavy atom. The predicted molar refractivity (Wildman–Crippen MR) is 121 cm³/mol. The molecule has 166 valence electrons. The minimum atomic E-state index is -0.522. The second-order valence-electron chi connectivity index (χ2n) is 8.74. The minimum Gasteiger partial charge on any atom is -0.444 e. The smallest absolute Gasteiger partial charge is 0.410 e. The van der Waals surface area contributed by atoms with Crippen molar-refractivity contribution in [2.24, 2.45) is 7.05 Å². The Balaban J connectivity index is 1.59. The fourth-order valence-corrected chi connectivity index (χ4v) is 4.05. The summed E-state index contributed by atoms with van der Waals surface area (Å²) in [5, 5.41) is 12.1. The second-order valence-corrected chi connectivity index (χ2v) is 9.53. The molecule has 3 aromatic heterocycles. The van der Waals surface area contributed by atoms with Gasteiger partial charge in [-0.3, -0.25) is 4.68 Å². The summed E-state index contributed by atoms with van der Waals surface area (Å²) in [5.74, 6) is 0.481. The quantitative estimate of drug-likeness (QED) is 0.577. The maximum absolute atomic E-state index is 12.5. The molecule has 0 aliphatic carbocycles. The van der Waals surface area contributed by atoms with E-state index in [-0.39, 0.29) is 12.1 Å². The zero-order valence-electron chi connectivity index (χ0n) is 18.1. The van der Waals surface area contributed by atoms with E-state index in [4.69, 9.17) is 15.5 Å².